The van der Waals surface area contributed by atoms with Crippen molar-refractivity contribution in [3.63, 3.8) is 0 Å². The summed E-state index contributed by atoms with van der Waals surface area (Å²) in [6.07, 6.45) is 0.712. The van der Waals surface area contributed by atoms with Crippen molar-refractivity contribution < 1.29 is 14.0 Å². The number of carbonyl (C=O) groups is 2. The van der Waals surface area contributed by atoms with Crippen LogP contribution >= 0.6 is 11.3 Å². The van der Waals surface area contributed by atoms with Gasteiger partial charge >= 0.3 is 0 Å². The number of benzene rings is 2. The van der Waals surface area contributed by atoms with Crippen LogP contribution in [-0.2, 0) is 4.79 Å². The highest BCUT2D eigenvalue weighted by molar-refractivity contribution is 7.18. The van der Waals surface area contributed by atoms with Crippen LogP contribution in [0.3, 0.4) is 0 Å². The Bertz CT molecular complexity index is 976. The number of nitrogens with one attached hydrogen (secondary N) is 2. The first-order valence-electron chi connectivity index (χ1n) is 9.24. The highest BCUT2D eigenvalue weighted by Gasteiger charge is 2.27. The second-order valence-electron chi connectivity index (χ2n) is 6.61. The molecule has 3 aromatic rings. The summed E-state index contributed by atoms with van der Waals surface area (Å²) in [4.78, 5) is 25.3. The number of aromatic nitrogens is 2. The molecule has 1 aromatic heterocycles. The molecule has 0 radical (unpaired) electrons. The Balaban J connectivity index is 1.72. The lowest BCUT2D eigenvalue weighted by atomic mass is 9.98. The Morgan fingerprint density at radius 2 is 1.76 bits per heavy atom. The maximum Gasteiger partial charge on any atom is 0.251 e. The van der Waals surface area contributed by atoms with Crippen LogP contribution in [0.1, 0.15) is 30.6 Å². The van der Waals surface area contributed by atoms with E-state index in [4.69, 9.17) is 0 Å². The lowest BCUT2D eigenvalue weighted by Crippen LogP contribution is -2.47. The third-order valence-corrected chi connectivity index (χ3v) is 5.45. The van der Waals surface area contributed by atoms with Gasteiger partial charge in [0.2, 0.25) is 11.0 Å². The molecular weight excluding hydrogens is 391 g/mol. The molecule has 0 saturated carbocycles. The lowest BCUT2D eigenvalue weighted by Gasteiger charge is -2.23. The van der Waals surface area contributed by atoms with Crippen molar-refractivity contribution in [2.45, 2.75) is 26.3 Å². The number of halogens is 1. The first kappa shape index (κ1) is 20.6. The van der Waals surface area contributed by atoms with Crippen molar-refractivity contribution in [2.75, 3.05) is 5.32 Å². The third-order valence-electron chi connectivity index (χ3n) is 4.56. The lowest BCUT2D eigenvalue weighted by molar-refractivity contribution is -0.119. The van der Waals surface area contributed by atoms with Gasteiger partial charge < -0.3 is 5.32 Å². The molecule has 29 heavy (non-hydrogen) atoms. The molecule has 0 fully saturated rings. The quantitative estimate of drug-likeness (QED) is 0.611. The fourth-order valence-corrected chi connectivity index (χ4v) is 3.43. The minimum atomic E-state index is -0.717. The smallest absolute Gasteiger partial charge is 0.251 e. The van der Waals surface area contributed by atoms with E-state index in [9.17, 15) is 14.0 Å². The van der Waals surface area contributed by atoms with Gasteiger partial charge in [0.15, 0.2) is 0 Å². The molecular formula is C21H21FN4O2S. The Morgan fingerprint density at radius 3 is 2.41 bits per heavy atom. The van der Waals surface area contributed by atoms with Gasteiger partial charge in [-0.15, -0.1) is 10.2 Å². The summed E-state index contributed by atoms with van der Waals surface area (Å²) in [5.74, 6) is -1.08. The summed E-state index contributed by atoms with van der Waals surface area (Å²) in [5, 5.41) is 14.5. The maximum atomic E-state index is 13.1. The van der Waals surface area contributed by atoms with Crippen LogP contribution in [0, 0.1) is 11.7 Å². The Kier molecular flexibility index (Phi) is 6.66. The van der Waals surface area contributed by atoms with E-state index < -0.39 is 6.04 Å². The molecule has 2 aromatic carbocycles. The largest absolute Gasteiger partial charge is 0.340 e. The average molecular weight is 412 g/mol. The molecule has 0 unspecified atom stereocenters. The van der Waals surface area contributed by atoms with E-state index >= 15 is 0 Å². The molecule has 0 spiro atoms. The molecule has 0 aliphatic carbocycles. The fourth-order valence-electron chi connectivity index (χ4n) is 2.68. The monoisotopic (exact) mass is 412 g/mol. The molecule has 3 rings (SSSR count). The summed E-state index contributed by atoms with van der Waals surface area (Å²) in [6.45, 7) is 3.86. The zero-order valence-electron chi connectivity index (χ0n) is 16.1. The van der Waals surface area contributed by atoms with E-state index in [0.717, 1.165) is 0 Å². The molecule has 8 heteroatoms. The number of anilines is 1. The summed E-state index contributed by atoms with van der Waals surface area (Å²) in [6, 6.07) is 13.9. The fraction of sp³-hybridized carbons (Fsp3) is 0.238. The van der Waals surface area contributed by atoms with Crippen molar-refractivity contribution in [3.05, 3.63) is 66.0 Å². The number of hydrogen-bond donors (Lipinski definition) is 2. The van der Waals surface area contributed by atoms with Crippen molar-refractivity contribution in [2.24, 2.45) is 5.92 Å². The summed E-state index contributed by atoms with van der Waals surface area (Å²) < 4.78 is 13.1. The molecule has 0 aliphatic rings. The highest BCUT2D eigenvalue weighted by atomic mass is 32.1. The molecule has 0 saturated heterocycles. The van der Waals surface area contributed by atoms with E-state index in [1.54, 1.807) is 36.4 Å². The minimum Gasteiger partial charge on any atom is -0.340 e. The summed E-state index contributed by atoms with van der Waals surface area (Å²) in [7, 11) is 0. The van der Waals surface area contributed by atoms with Crippen LogP contribution in [0.15, 0.2) is 54.6 Å². The number of nitrogens with zero attached hydrogens (tertiary/aromatic N) is 2. The van der Waals surface area contributed by atoms with E-state index in [1.165, 1.54) is 23.5 Å². The van der Waals surface area contributed by atoms with E-state index in [-0.39, 0.29) is 23.5 Å². The number of rotatable bonds is 7. The van der Waals surface area contributed by atoms with Gasteiger partial charge in [0.25, 0.3) is 5.91 Å². The van der Waals surface area contributed by atoms with Gasteiger partial charge in [0.1, 0.15) is 16.9 Å². The highest BCUT2D eigenvalue weighted by Crippen LogP contribution is 2.26. The van der Waals surface area contributed by atoms with E-state index in [1.807, 2.05) is 19.9 Å². The molecule has 0 aliphatic heterocycles. The molecule has 2 atom stereocenters. The summed E-state index contributed by atoms with van der Waals surface area (Å²) in [5.41, 5.74) is 1.20. The van der Waals surface area contributed by atoms with Gasteiger partial charge in [-0.05, 0) is 42.3 Å². The normalized spacial score (nSPS) is 12.8. The molecule has 1 heterocycles. The van der Waals surface area contributed by atoms with Crippen molar-refractivity contribution in [1.82, 2.24) is 15.5 Å². The van der Waals surface area contributed by atoms with Gasteiger partial charge in [-0.3, -0.25) is 14.9 Å². The van der Waals surface area contributed by atoms with Gasteiger partial charge in [-0.2, -0.15) is 0 Å². The standard InChI is InChI=1S/C21H21FN4O2S/c1-3-13(2)17(23-18(27)14-7-5-4-6-8-14)19(28)24-21-26-25-20(29-21)15-9-11-16(22)12-10-15/h4-13,17H,3H2,1-2H3,(H,23,27)(H,24,26,28)/t13-,17-/m0/s1. The zero-order valence-corrected chi connectivity index (χ0v) is 16.9. The molecule has 6 nitrogen and oxygen atoms in total. The predicted octanol–water partition coefficient (Wildman–Crippen LogP) is 4.13. The number of amides is 2. The molecule has 0 bridgehead atoms. The van der Waals surface area contributed by atoms with Crippen LogP contribution in [0.2, 0.25) is 0 Å². The van der Waals surface area contributed by atoms with Crippen LogP contribution < -0.4 is 10.6 Å². The second-order valence-corrected chi connectivity index (χ2v) is 7.59. The summed E-state index contributed by atoms with van der Waals surface area (Å²) >= 11 is 1.18. The van der Waals surface area contributed by atoms with E-state index in [0.29, 0.717) is 27.7 Å². The van der Waals surface area contributed by atoms with Crippen LogP contribution in [-0.4, -0.2) is 28.1 Å². The maximum absolute atomic E-state index is 13.1. The van der Waals surface area contributed by atoms with Crippen molar-refractivity contribution in [1.29, 1.82) is 0 Å². The zero-order chi connectivity index (χ0) is 20.8. The Hall–Kier alpha value is -3.13. The number of hydrogen-bond acceptors (Lipinski definition) is 5. The van der Waals surface area contributed by atoms with Crippen LogP contribution in [0.4, 0.5) is 9.52 Å². The molecule has 2 amide bonds. The molecule has 2 N–H and O–H groups in total. The SMILES string of the molecule is CC[C@H](C)[C@H](NC(=O)c1ccccc1)C(=O)Nc1nnc(-c2ccc(F)cc2)s1. The first-order chi connectivity index (χ1) is 14.0. The van der Waals surface area contributed by atoms with Crippen molar-refractivity contribution >= 4 is 28.3 Å². The Labute approximate surface area is 172 Å². The van der Waals surface area contributed by atoms with Crippen LogP contribution in [0.25, 0.3) is 10.6 Å². The van der Waals surface area contributed by atoms with Gasteiger partial charge in [0, 0.05) is 11.1 Å². The number of carbonyl (C=O) groups excluding carboxylic acids is 2. The predicted molar refractivity (Wildman–Crippen MR) is 111 cm³/mol. The topological polar surface area (TPSA) is 84.0 Å². The third kappa shape index (κ3) is 5.23. The van der Waals surface area contributed by atoms with Crippen LogP contribution in [0.5, 0.6) is 0 Å². The van der Waals surface area contributed by atoms with Gasteiger partial charge in [-0.1, -0.05) is 49.8 Å². The van der Waals surface area contributed by atoms with E-state index in [2.05, 4.69) is 20.8 Å². The van der Waals surface area contributed by atoms with Gasteiger partial charge in [0.05, 0.1) is 0 Å². The Morgan fingerprint density at radius 1 is 1.07 bits per heavy atom. The average Bonchev–Trinajstić information content (AvgIpc) is 3.20. The molecule has 150 valence electrons. The minimum absolute atomic E-state index is 0.0767. The van der Waals surface area contributed by atoms with Crippen molar-refractivity contribution in [3.8, 4) is 10.6 Å². The second kappa shape index (κ2) is 9.38. The van der Waals surface area contributed by atoms with Gasteiger partial charge in [-0.25, -0.2) is 4.39 Å². The first-order valence-corrected chi connectivity index (χ1v) is 10.1.